The van der Waals surface area contributed by atoms with Crippen molar-refractivity contribution in [2.45, 2.75) is 53.4 Å². The van der Waals surface area contributed by atoms with Crippen molar-refractivity contribution in [1.82, 2.24) is 0 Å². The van der Waals surface area contributed by atoms with Crippen molar-refractivity contribution in [2.75, 3.05) is 0 Å². The van der Waals surface area contributed by atoms with E-state index >= 15 is 0 Å². The van der Waals surface area contributed by atoms with Crippen LogP contribution in [0.15, 0.2) is 11.6 Å². The van der Waals surface area contributed by atoms with Crippen LogP contribution in [0.2, 0.25) is 0 Å². The van der Waals surface area contributed by atoms with Crippen LogP contribution < -0.4 is 0 Å². The summed E-state index contributed by atoms with van der Waals surface area (Å²) < 4.78 is 0. The number of unbranched alkanes of at least 4 members (excludes halogenated alkanes) is 1. The number of rotatable bonds is 3. The average Bonchev–Trinajstić information content (AvgIpc) is 2.51. The van der Waals surface area contributed by atoms with E-state index in [-0.39, 0.29) is 0 Å². The molecule has 0 heteroatoms. The lowest BCUT2D eigenvalue weighted by Crippen LogP contribution is -2.36. The topological polar surface area (TPSA) is 0 Å². The fourth-order valence-electron chi connectivity index (χ4n) is 3.23. The third kappa shape index (κ3) is 1.04. The standard InChI is InChI=1S/C13H22/c1-5-6-7-10-8-13(4)9-11(10)12(13,2)3/h9-10H,5-8H2,1-4H3. The molecule has 0 N–H and O–H groups in total. The molecule has 0 saturated heterocycles. The van der Waals surface area contributed by atoms with Crippen LogP contribution in [0.5, 0.6) is 0 Å². The summed E-state index contributed by atoms with van der Waals surface area (Å²) in [4.78, 5) is 0. The zero-order valence-electron chi connectivity index (χ0n) is 9.48. The first-order valence-electron chi connectivity index (χ1n) is 5.74. The van der Waals surface area contributed by atoms with Gasteiger partial charge in [0.05, 0.1) is 0 Å². The molecule has 3 rings (SSSR count). The predicted molar refractivity (Wildman–Crippen MR) is 57.6 cm³/mol. The quantitative estimate of drug-likeness (QED) is 0.569. The Kier molecular flexibility index (Phi) is 1.87. The Morgan fingerprint density at radius 2 is 2.08 bits per heavy atom. The van der Waals surface area contributed by atoms with Crippen LogP contribution in [-0.2, 0) is 0 Å². The largest absolute Gasteiger partial charge is 0.0776 e. The lowest BCUT2D eigenvalue weighted by molar-refractivity contribution is 0.188. The first-order chi connectivity index (χ1) is 6.01. The van der Waals surface area contributed by atoms with E-state index in [0.29, 0.717) is 10.8 Å². The predicted octanol–water partition coefficient (Wildman–Crippen LogP) is 4.17. The van der Waals surface area contributed by atoms with E-state index < -0.39 is 0 Å². The minimum absolute atomic E-state index is 0.519. The molecule has 1 saturated carbocycles. The van der Waals surface area contributed by atoms with Crippen LogP contribution in [0.3, 0.4) is 0 Å². The molecule has 0 heterocycles. The molecule has 1 fully saturated rings. The highest BCUT2D eigenvalue weighted by Gasteiger charge is 2.58. The first kappa shape index (κ1) is 9.30. The second kappa shape index (κ2) is 2.62. The van der Waals surface area contributed by atoms with Gasteiger partial charge in [0.25, 0.3) is 0 Å². The van der Waals surface area contributed by atoms with Crippen LogP contribution in [0, 0.1) is 16.7 Å². The summed E-state index contributed by atoms with van der Waals surface area (Å²) in [5.74, 6) is 0.931. The van der Waals surface area contributed by atoms with Gasteiger partial charge in [-0.05, 0) is 29.6 Å². The van der Waals surface area contributed by atoms with E-state index in [4.69, 9.17) is 0 Å². The van der Waals surface area contributed by atoms with Crippen molar-refractivity contribution in [3.63, 3.8) is 0 Å². The van der Waals surface area contributed by atoms with Crippen molar-refractivity contribution < 1.29 is 0 Å². The Morgan fingerprint density at radius 3 is 2.46 bits per heavy atom. The molecule has 13 heavy (non-hydrogen) atoms. The monoisotopic (exact) mass is 178 g/mol. The smallest absolute Gasteiger partial charge is 0.00494 e. The van der Waals surface area contributed by atoms with Crippen LogP contribution >= 0.6 is 0 Å². The third-order valence-electron chi connectivity index (χ3n) is 4.64. The maximum atomic E-state index is 2.55. The summed E-state index contributed by atoms with van der Waals surface area (Å²) in [6.07, 6.45) is 8.17. The van der Waals surface area contributed by atoms with Crippen molar-refractivity contribution >= 4 is 0 Å². The van der Waals surface area contributed by atoms with E-state index in [1.54, 1.807) is 5.57 Å². The molecule has 2 atom stereocenters. The minimum atomic E-state index is 0.519. The molecule has 0 nitrogen and oxygen atoms in total. The molecule has 2 unspecified atom stereocenters. The van der Waals surface area contributed by atoms with Crippen LogP contribution in [0.1, 0.15) is 53.4 Å². The summed E-state index contributed by atoms with van der Waals surface area (Å²) in [5, 5.41) is 0. The molecule has 2 bridgehead atoms. The Hall–Kier alpha value is -0.260. The van der Waals surface area contributed by atoms with Crippen LogP contribution in [0.25, 0.3) is 0 Å². The molecule has 0 aliphatic heterocycles. The Balaban J connectivity index is 2.05. The Morgan fingerprint density at radius 1 is 1.38 bits per heavy atom. The number of fused-ring (bicyclic) bond motifs is 1. The average molecular weight is 178 g/mol. The molecule has 0 aromatic rings. The minimum Gasteiger partial charge on any atom is -0.0776 e. The van der Waals surface area contributed by atoms with E-state index in [2.05, 4.69) is 33.8 Å². The zero-order valence-corrected chi connectivity index (χ0v) is 9.48. The maximum Gasteiger partial charge on any atom is -0.00494 e. The van der Waals surface area contributed by atoms with Gasteiger partial charge in [-0.2, -0.15) is 0 Å². The van der Waals surface area contributed by atoms with Gasteiger partial charge >= 0.3 is 0 Å². The first-order valence-corrected chi connectivity index (χ1v) is 5.74. The lowest BCUT2D eigenvalue weighted by atomic mass is 9.59. The van der Waals surface area contributed by atoms with Gasteiger partial charge in [-0.3, -0.25) is 0 Å². The van der Waals surface area contributed by atoms with Gasteiger partial charge in [-0.25, -0.2) is 0 Å². The molecule has 74 valence electrons. The van der Waals surface area contributed by atoms with Gasteiger partial charge < -0.3 is 0 Å². The van der Waals surface area contributed by atoms with E-state index in [1.807, 2.05) is 0 Å². The molecular formula is C13H22. The Labute approximate surface area is 82.4 Å². The molecular weight excluding hydrogens is 156 g/mol. The highest BCUT2D eigenvalue weighted by molar-refractivity contribution is 5.41. The van der Waals surface area contributed by atoms with Crippen LogP contribution in [0.4, 0.5) is 0 Å². The maximum absolute atomic E-state index is 2.55. The van der Waals surface area contributed by atoms with Crippen LogP contribution in [-0.4, -0.2) is 0 Å². The highest BCUT2D eigenvalue weighted by atomic mass is 14.6. The van der Waals surface area contributed by atoms with E-state index in [9.17, 15) is 0 Å². The Bertz CT molecular complexity index is 244. The summed E-state index contributed by atoms with van der Waals surface area (Å²) >= 11 is 0. The zero-order chi connectivity index (χ0) is 9.69. The highest BCUT2D eigenvalue weighted by Crippen LogP contribution is 2.68. The number of allylic oxidation sites excluding steroid dienone is 2. The molecule has 3 aliphatic carbocycles. The molecule has 0 amide bonds. The van der Waals surface area contributed by atoms with Crippen molar-refractivity contribution in [3.05, 3.63) is 11.6 Å². The van der Waals surface area contributed by atoms with Gasteiger partial charge in [0.2, 0.25) is 0 Å². The molecule has 0 aromatic heterocycles. The van der Waals surface area contributed by atoms with Gasteiger partial charge in [0.1, 0.15) is 0 Å². The summed E-state index contributed by atoms with van der Waals surface area (Å²) in [5.41, 5.74) is 2.83. The molecule has 0 radical (unpaired) electrons. The van der Waals surface area contributed by atoms with Crippen molar-refractivity contribution in [1.29, 1.82) is 0 Å². The SMILES string of the molecule is CCCCC1CC2(C)C=C1C2(C)C. The molecule has 3 aliphatic rings. The fourth-order valence-corrected chi connectivity index (χ4v) is 3.23. The number of hydrogen-bond acceptors (Lipinski definition) is 0. The summed E-state index contributed by atoms with van der Waals surface area (Å²) in [6, 6.07) is 0. The fraction of sp³-hybridized carbons (Fsp3) is 0.846. The van der Waals surface area contributed by atoms with E-state index in [0.717, 1.165) is 5.92 Å². The van der Waals surface area contributed by atoms with Gasteiger partial charge in [0.15, 0.2) is 0 Å². The lowest BCUT2D eigenvalue weighted by Gasteiger charge is -2.45. The van der Waals surface area contributed by atoms with Gasteiger partial charge in [0, 0.05) is 0 Å². The number of hydrogen-bond donors (Lipinski definition) is 0. The van der Waals surface area contributed by atoms with Crippen molar-refractivity contribution in [3.8, 4) is 0 Å². The van der Waals surface area contributed by atoms with Gasteiger partial charge in [-0.1, -0.05) is 52.2 Å². The molecule has 0 aromatic carbocycles. The third-order valence-corrected chi connectivity index (χ3v) is 4.64. The summed E-state index contributed by atoms with van der Waals surface area (Å²) in [7, 11) is 0. The molecule has 0 spiro atoms. The van der Waals surface area contributed by atoms with E-state index in [1.165, 1.54) is 25.7 Å². The van der Waals surface area contributed by atoms with Gasteiger partial charge in [-0.15, -0.1) is 0 Å². The summed E-state index contributed by atoms with van der Waals surface area (Å²) in [6.45, 7) is 9.57. The normalized spacial score (nSPS) is 40.0. The second-order valence-corrected chi connectivity index (χ2v) is 5.69. The second-order valence-electron chi connectivity index (χ2n) is 5.69. The van der Waals surface area contributed by atoms with Crippen molar-refractivity contribution in [2.24, 2.45) is 16.7 Å².